The predicted molar refractivity (Wildman–Crippen MR) is 81.9 cm³/mol. The van der Waals surface area contributed by atoms with E-state index in [0.717, 1.165) is 5.92 Å². The standard InChI is InChI=1S/C17H35N/c1-16(2,3)11-9-7-8-10-12-18-13-15(14-18)17(4,5)6/h15H,7-14H2,1-6H3. The van der Waals surface area contributed by atoms with Crippen molar-refractivity contribution in [3.05, 3.63) is 0 Å². The summed E-state index contributed by atoms with van der Waals surface area (Å²) in [5.74, 6) is 0.929. The van der Waals surface area contributed by atoms with Crippen LogP contribution in [0.2, 0.25) is 0 Å². The average molecular weight is 253 g/mol. The largest absolute Gasteiger partial charge is 0.303 e. The fourth-order valence-corrected chi connectivity index (χ4v) is 2.64. The van der Waals surface area contributed by atoms with Crippen molar-refractivity contribution in [2.24, 2.45) is 16.7 Å². The first-order chi connectivity index (χ1) is 8.18. The van der Waals surface area contributed by atoms with Gasteiger partial charge in [-0.1, -0.05) is 60.8 Å². The first-order valence-corrected chi connectivity index (χ1v) is 7.91. The molecule has 0 spiro atoms. The lowest BCUT2D eigenvalue weighted by Crippen LogP contribution is -2.52. The Morgan fingerprint density at radius 1 is 0.833 bits per heavy atom. The lowest BCUT2D eigenvalue weighted by Gasteiger charge is -2.46. The smallest absolute Gasteiger partial charge is 0.00270 e. The van der Waals surface area contributed by atoms with Gasteiger partial charge >= 0.3 is 0 Å². The number of unbranched alkanes of at least 4 members (excludes halogenated alkanes) is 3. The maximum Gasteiger partial charge on any atom is 0.00270 e. The van der Waals surface area contributed by atoms with E-state index in [1.165, 1.54) is 51.7 Å². The SMILES string of the molecule is CC(C)(C)CCCCCCN1CC(C(C)(C)C)C1. The van der Waals surface area contributed by atoms with Crippen molar-refractivity contribution in [2.75, 3.05) is 19.6 Å². The summed E-state index contributed by atoms with van der Waals surface area (Å²) in [7, 11) is 0. The van der Waals surface area contributed by atoms with Gasteiger partial charge in [0.2, 0.25) is 0 Å². The minimum atomic E-state index is 0.517. The van der Waals surface area contributed by atoms with E-state index >= 15 is 0 Å². The molecular weight excluding hydrogens is 218 g/mol. The van der Waals surface area contributed by atoms with Crippen molar-refractivity contribution < 1.29 is 0 Å². The van der Waals surface area contributed by atoms with E-state index in [4.69, 9.17) is 0 Å². The molecule has 0 N–H and O–H groups in total. The van der Waals surface area contributed by atoms with E-state index in [2.05, 4.69) is 46.4 Å². The Morgan fingerprint density at radius 3 is 1.89 bits per heavy atom. The molecule has 0 atom stereocenters. The molecular formula is C17H35N. The van der Waals surface area contributed by atoms with Gasteiger partial charge < -0.3 is 4.90 Å². The summed E-state index contributed by atoms with van der Waals surface area (Å²) < 4.78 is 0. The van der Waals surface area contributed by atoms with Crippen LogP contribution in [0.1, 0.15) is 73.6 Å². The van der Waals surface area contributed by atoms with Gasteiger partial charge in [0.05, 0.1) is 0 Å². The van der Waals surface area contributed by atoms with Crippen LogP contribution in [0.25, 0.3) is 0 Å². The van der Waals surface area contributed by atoms with Gasteiger partial charge in [0.1, 0.15) is 0 Å². The first-order valence-electron chi connectivity index (χ1n) is 7.91. The van der Waals surface area contributed by atoms with Crippen LogP contribution in [-0.2, 0) is 0 Å². The van der Waals surface area contributed by atoms with Crippen LogP contribution in [0, 0.1) is 16.7 Å². The molecule has 1 saturated heterocycles. The van der Waals surface area contributed by atoms with Gasteiger partial charge in [-0.25, -0.2) is 0 Å². The molecule has 0 aromatic rings. The van der Waals surface area contributed by atoms with Gasteiger partial charge in [-0.15, -0.1) is 0 Å². The molecule has 0 aromatic heterocycles. The highest BCUT2D eigenvalue weighted by molar-refractivity contribution is 4.87. The molecule has 1 rings (SSSR count). The topological polar surface area (TPSA) is 3.24 Å². The zero-order chi connectivity index (χ0) is 13.8. The first kappa shape index (κ1) is 16.0. The molecule has 108 valence electrons. The third-order valence-electron chi connectivity index (χ3n) is 4.33. The zero-order valence-corrected chi connectivity index (χ0v) is 13.7. The Bertz CT molecular complexity index is 225. The summed E-state index contributed by atoms with van der Waals surface area (Å²) in [5, 5.41) is 0. The highest BCUT2D eigenvalue weighted by Crippen LogP contribution is 2.33. The Morgan fingerprint density at radius 2 is 1.39 bits per heavy atom. The monoisotopic (exact) mass is 253 g/mol. The van der Waals surface area contributed by atoms with Gasteiger partial charge in [-0.2, -0.15) is 0 Å². The molecule has 1 fully saturated rings. The normalized spacial score (nSPS) is 19.0. The Balaban J connectivity index is 1.92. The summed E-state index contributed by atoms with van der Waals surface area (Å²) in [5.41, 5.74) is 1.04. The summed E-state index contributed by atoms with van der Waals surface area (Å²) in [4.78, 5) is 2.64. The molecule has 0 saturated carbocycles. The van der Waals surface area contributed by atoms with E-state index in [1.807, 2.05) is 0 Å². The molecule has 1 heterocycles. The molecule has 1 nitrogen and oxygen atoms in total. The highest BCUT2D eigenvalue weighted by Gasteiger charge is 2.34. The fourth-order valence-electron chi connectivity index (χ4n) is 2.64. The molecule has 0 amide bonds. The molecule has 1 heteroatoms. The molecule has 0 unspecified atom stereocenters. The van der Waals surface area contributed by atoms with Crippen LogP contribution in [0.15, 0.2) is 0 Å². The number of likely N-dealkylation sites (tertiary alicyclic amines) is 1. The number of rotatable bonds is 6. The van der Waals surface area contributed by atoms with Crippen molar-refractivity contribution in [1.82, 2.24) is 4.90 Å². The van der Waals surface area contributed by atoms with Crippen LogP contribution in [-0.4, -0.2) is 24.5 Å². The molecule has 0 bridgehead atoms. The Labute approximate surface area is 115 Å². The third kappa shape index (κ3) is 6.22. The quantitative estimate of drug-likeness (QED) is 0.605. The molecule has 18 heavy (non-hydrogen) atoms. The van der Waals surface area contributed by atoms with Gasteiger partial charge in [-0.05, 0) is 36.1 Å². The van der Waals surface area contributed by atoms with E-state index < -0.39 is 0 Å². The van der Waals surface area contributed by atoms with E-state index in [9.17, 15) is 0 Å². The molecule has 0 aromatic carbocycles. The van der Waals surface area contributed by atoms with Gasteiger partial charge in [0.25, 0.3) is 0 Å². The Kier molecular flexibility index (Phi) is 5.70. The van der Waals surface area contributed by atoms with Crippen molar-refractivity contribution in [1.29, 1.82) is 0 Å². The van der Waals surface area contributed by atoms with Crippen LogP contribution in [0.5, 0.6) is 0 Å². The fraction of sp³-hybridized carbons (Fsp3) is 1.00. The maximum atomic E-state index is 2.64. The highest BCUT2D eigenvalue weighted by atomic mass is 15.2. The molecule has 1 aliphatic rings. The summed E-state index contributed by atoms with van der Waals surface area (Å²) in [6.07, 6.45) is 7.04. The molecule has 0 aliphatic carbocycles. The predicted octanol–water partition coefficient (Wildman–Crippen LogP) is 4.96. The van der Waals surface area contributed by atoms with Crippen molar-refractivity contribution in [2.45, 2.75) is 73.6 Å². The summed E-state index contributed by atoms with van der Waals surface area (Å²) in [6, 6.07) is 0. The van der Waals surface area contributed by atoms with Crippen LogP contribution >= 0.6 is 0 Å². The Hall–Kier alpha value is -0.0400. The van der Waals surface area contributed by atoms with Crippen LogP contribution in [0.3, 0.4) is 0 Å². The number of nitrogens with zero attached hydrogens (tertiary/aromatic N) is 1. The van der Waals surface area contributed by atoms with Crippen molar-refractivity contribution >= 4 is 0 Å². The summed E-state index contributed by atoms with van der Waals surface area (Å²) in [6.45, 7) is 18.2. The maximum absolute atomic E-state index is 2.64. The van der Waals surface area contributed by atoms with Crippen LogP contribution < -0.4 is 0 Å². The van der Waals surface area contributed by atoms with E-state index in [1.54, 1.807) is 0 Å². The second-order valence-corrected chi connectivity index (χ2v) is 8.55. The lowest BCUT2D eigenvalue weighted by molar-refractivity contribution is 0.0238. The zero-order valence-electron chi connectivity index (χ0n) is 13.7. The van der Waals surface area contributed by atoms with Gasteiger partial charge in [0.15, 0.2) is 0 Å². The molecule has 1 aliphatic heterocycles. The number of hydrogen-bond donors (Lipinski definition) is 0. The second kappa shape index (κ2) is 6.41. The minimum Gasteiger partial charge on any atom is -0.303 e. The van der Waals surface area contributed by atoms with Crippen LogP contribution in [0.4, 0.5) is 0 Å². The van der Waals surface area contributed by atoms with E-state index in [-0.39, 0.29) is 0 Å². The number of hydrogen-bond acceptors (Lipinski definition) is 1. The third-order valence-corrected chi connectivity index (χ3v) is 4.33. The van der Waals surface area contributed by atoms with E-state index in [0.29, 0.717) is 10.8 Å². The average Bonchev–Trinajstić information content (AvgIpc) is 2.09. The summed E-state index contributed by atoms with van der Waals surface area (Å²) >= 11 is 0. The molecule has 0 radical (unpaired) electrons. The van der Waals surface area contributed by atoms with Gasteiger partial charge in [0, 0.05) is 13.1 Å². The second-order valence-electron chi connectivity index (χ2n) is 8.55. The minimum absolute atomic E-state index is 0.517. The van der Waals surface area contributed by atoms with Crippen molar-refractivity contribution in [3.8, 4) is 0 Å². The lowest BCUT2D eigenvalue weighted by atomic mass is 9.76. The van der Waals surface area contributed by atoms with Crippen molar-refractivity contribution in [3.63, 3.8) is 0 Å². The van der Waals surface area contributed by atoms with Gasteiger partial charge in [-0.3, -0.25) is 0 Å².